The SMILES string of the molecule is CC(C)C(C)SCC(N)CCO. The maximum atomic E-state index is 8.62. The molecule has 0 aliphatic heterocycles. The smallest absolute Gasteiger partial charge is 0.0446 e. The van der Waals surface area contributed by atoms with Crippen LogP contribution in [0.15, 0.2) is 0 Å². The molecule has 0 radical (unpaired) electrons. The molecule has 0 aromatic heterocycles. The van der Waals surface area contributed by atoms with Gasteiger partial charge in [-0.05, 0) is 12.3 Å². The van der Waals surface area contributed by atoms with Gasteiger partial charge in [0.25, 0.3) is 0 Å². The Balaban J connectivity index is 3.40. The first-order valence-corrected chi connectivity index (χ1v) is 5.60. The lowest BCUT2D eigenvalue weighted by molar-refractivity contribution is 0.279. The standard InChI is InChI=1S/C9H21NOS/c1-7(2)8(3)12-6-9(10)4-5-11/h7-9,11H,4-6,10H2,1-3H3. The zero-order valence-corrected chi connectivity index (χ0v) is 9.10. The van der Waals surface area contributed by atoms with Crippen LogP contribution in [0.2, 0.25) is 0 Å². The van der Waals surface area contributed by atoms with Gasteiger partial charge in [0.2, 0.25) is 0 Å². The molecule has 0 aliphatic rings. The fourth-order valence-corrected chi connectivity index (χ4v) is 1.82. The van der Waals surface area contributed by atoms with Gasteiger partial charge in [-0.3, -0.25) is 0 Å². The number of aliphatic hydroxyl groups is 1. The second kappa shape index (κ2) is 6.75. The van der Waals surface area contributed by atoms with Crippen LogP contribution in [0.25, 0.3) is 0 Å². The summed E-state index contributed by atoms with van der Waals surface area (Å²) < 4.78 is 0. The molecule has 0 saturated heterocycles. The largest absolute Gasteiger partial charge is 0.396 e. The van der Waals surface area contributed by atoms with Crippen molar-refractivity contribution in [3.05, 3.63) is 0 Å². The van der Waals surface area contributed by atoms with Crippen molar-refractivity contribution in [1.29, 1.82) is 0 Å². The molecule has 2 nitrogen and oxygen atoms in total. The molecular weight excluding hydrogens is 170 g/mol. The first kappa shape index (κ1) is 12.3. The van der Waals surface area contributed by atoms with E-state index >= 15 is 0 Å². The van der Waals surface area contributed by atoms with E-state index in [1.165, 1.54) is 0 Å². The van der Waals surface area contributed by atoms with Gasteiger partial charge in [-0.15, -0.1) is 0 Å². The first-order valence-electron chi connectivity index (χ1n) is 4.56. The molecule has 74 valence electrons. The summed E-state index contributed by atoms with van der Waals surface area (Å²) >= 11 is 1.90. The molecule has 0 aromatic carbocycles. The van der Waals surface area contributed by atoms with Gasteiger partial charge in [-0.2, -0.15) is 11.8 Å². The summed E-state index contributed by atoms with van der Waals surface area (Å²) in [6.45, 7) is 6.86. The van der Waals surface area contributed by atoms with Crippen molar-refractivity contribution >= 4 is 11.8 Å². The van der Waals surface area contributed by atoms with Gasteiger partial charge in [0.15, 0.2) is 0 Å². The number of rotatable bonds is 6. The van der Waals surface area contributed by atoms with Gasteiger partial charge in [0.05, 0.1) is 0 Å². The molecule has 0 amide bonds. The van der Waals surface area contributed by atoms with Gasteiger partial charge in [0.1, 0.15) is 0 Å². The van der Waals surface area contributed by atoms with E-state index in [0.717, 1.165) is 12.2 Å². The van der Waals surface area contributed by atoms with Gasteiger partial charge in [0, 0.05) is 23.7 Å². The van der Waals surface area contributed by atoms with Crippen molar-refractivity contribution < 1.29 is 5.11 Å². The fraction of sp³-hybridized carbons (Fsp3) is 1.00. The zero-order valence-electron chi connectivity index (χ0n) is 8.29. The van der Waals surface area contributed by atoms with Crippen LogP contribution in [-0.4, -0.2) is 28.8 Å². The van der Waals surface area contributed by atoms with E-state index in [2.05, 4.69) is 20.8 Å². The molecular formula is C9H21NOS. The summed E-state index contributed by atoms with van der Waals surface area (Å²) in [5, 5.41) is 9.28. The van der Waals surface area contributed by atoms with E-state index in [4.69, 9.17) is 10.8 Å². The Morgan fingerprint density at radius 3 is 2.33 bits per heavy atom. The lowest BCUT2D eigenvalue weighted by atomic mass is 10.2. The normalized spacial score (nSPS) is 16.5. The van der Waals surface area contributed by atoms with Crippen LogP contribution in [0.5, 0.6) is 0 Å². The van der Waals surface area contributed by atoms with Crippen LogP contribution in [0.4, 0.5) is 0 Å². The Kier molecular flexibility index (Phi) is 6.90. The molecule has 3 heteroatoms. The topological polar surface area (TPSA) is 46.2 Å². The second-order valence-corrected chi connectivity index (χ2v) is 4.97. The lowest BCUT2D eigenvalue weighted by Crippen LogP contribution is -2.25. The maximum absolute atomic E-state index is 8.62. The van der Waals surface area contributed by atoms with Crippen molar-refractivity contribution in [2.24, 2.45) is 11.7 Å². The third kappa shape index (κ3) is 5.86. The predicted molar refractivity (Wildman–Crippen MR) is 56.4 cm³/mol. The van der Waals surface area contributed by atoms with Crippen molar-refractivity contribution in [3.63, 3.8) is 0 Å². The zero-order chi connectivity index (χ0) is 9.56. The minimum atomic E-state index is 0.154. The molecule has 0 fully saturated rings. The summed E-state index contributed by atoms with van der Waals surface area (Å²) in [5.74, 6) is 1.66. The van der Waals surface area contributed by atoms with Crippen molar-refractivity contribution in [2.75, 3.05) is 12.4 Å². The van der Waals surface area contributed by atoms with Crippen LogP contribution in [-0.2, 0) is 0 Å². The summed E-state index contributed by atoms with van der Waals surface area (Å²) in [6.07, 6.45) is 0.720. The minimum Gasteiger partial charge on any atom is -0.396 e. The average Bonchev–Trinajstić information content (AvgIpc) is 2.00. The molecule has 12 heavy (non-hydrogen) atoms. The summed E-state index contributed by atoms with van der Waals surface area (Å²) in [5.41, 5.74) is 5.75. The second-order valence-electron chi connectivity index (χ2n) is 3.55. The highest BCUT2D eigenvalue weighted by molar-refractivity contribution is 7.99. The van der Waals surface area contributed by atoms with E-state index in [-0.39, 0.29) is 12.6 Å². The molecule has 0 spiro atoms. The quantitative estimate of drug-likeness (QED) is 0.668. The summed E-state index contributed by atoms with van der Waals surface area (Å²) in [6, 6.07) is 0.154. The Bertz CT molecular complexity index is 109. The third-order valence-electron chi connectivity index (χ3n) is 2.01. The Morgan fingerprint density at radius 2 is 1.92 bits per heavy atom. The van der Waals surface area contributed by atoms with Crippen molar-refractivity contribution in [2.45, 2.75) is 38.5 Å². The molecule has 0 bridgehead atoms. The lowest BCUT2D eigenvalue weighted by Gasteiger charge is -2.17. The molecule has 0 aromatic rings. The van der Waals surface area contributed by atoms with Crippen molar-refractivity contribution in [1.82, 2.24) is 0 Å². The minimum absolute atomic E-state index is 0.154. The van der Waals surface area contributed by atoms with Crippen LogP contribution < -0.4 is 5.73 Å². The number of aliphatic hydroxyl groups excluding tert-OH is 1. The molecule has 0 saturated carbocycles. The fourth-order valence-electron chi connectivity index (χ4n) is 0.717. The van der Waals surface area contributed by atoms with Gasteiger partial charge in [-0.25, -0.2) is 0 Å². The van der Waals surface area contributed by atoms with E-state index < -0.39 is 0 Å². The maximum Gasteiger partial charge on any atom is 0.0446 e. The molecule has 2 atom stereocenters. The number of hydrogen-bond acceptors (Lipinski definition) is 3. The van der Waals surface area contributed by atoms with Crippen molar-refractivity contribution in [3.8, 4) is 0 Å². The monoisotopic (exact) mass is 191 g/mol. The van der Waals surface area contributed by atoms with Gasteiger partial charge < -0.3 is 10.8 Å². The van der Waals surface area contributed by atoms with E-state index in [0.29, 0.717) is 11.2 Å². The highest BCUT2D eigenvalue weighted by Crippen LogP contribution is 2.19. The van der Waals surface area contributed by atoms with Crippen LogP contribution >= 0.6 is 11.8 Å². The first-order chi connectivity index (χ1) is 5.57. The molecule has 3 N–H and O–H groups in total. The van der Waals surface area contributed by atoms with Crippen LogP contribution in [0, 0.1) is 5.92 Å². The van der Waals surface area contributed by atoms with Gasteiger partial charge in [-0.1, -0.05) is 20.8 Å². The number of hydrogen-bond donors (Lipinski definition) is 2. The Labute approximate surface area is 79.9 Å². The average molecular weight is 191 g/mol. The summed E-state index contributed by atoms with van der Waals surface area (Å²) in [7, 11) is 0. The highest BCUT2D eigenvalue weighted by Gasteiger charge is 2.09. The predicted octanol–water partition coefficient (Wildman–Crippen LogP) is 1.47. The van der Waals surface area contributed by atoms with Crippen LogP contribution in [0.3, 0.4) is 0 Å². The van der Waals surface area contributed by atoms with E-state index in [1.54, 1.807) is 0 Å². The number of thioether (sulfide) groups is 1. The molecule has 0 heterocycles. The van der Waals surface area contributed by atoms with E-state index in [9.17, 15) is 0 Å². The van der Waals surface area contributed by atoms with Gasteiger partial charge >= 0.3 is 0 Å². The molecule has 2 unspecified atom stereocenters. The Morgan fingerprint density at radius 1 is 1.33 bits per heavy atom. The molecule has 0 rings (SSSR count). The van der Waals surface area contributed by atoms with E-state index in [1.807, 2.05) is 11.8 Å². The summed E-state index contributed by atoms with van der Waals surface area (Å²) in [4.78, 5) is 0. The Hall–Kier alpha value is 0.270. The highest BCUT2D eigenvalue weighted by atomic mass is 32.2. The third-order valence-corrected chi connectivity index (χ3v) is 3.70. The van der Waals surface area contributed by atoms with Crippen LogP contribution in [0.1, 0.15) is 27.2 Å². The molecule has 0 aliphatic carbocycles. The number of nitrogens with two attached hydrogens (primary N) is 1.